The van der Waals surface area contributed by atoms with E-state index in [-0.39, 0.29) is 5.56 Å². The number of aromatic nitrogens is 1. The highest BCUT2D eigenvalue weighted by Crippen LogP contribution is 2.31. The fraction of sp³-hybridized carbons (Fsp3) is 0.143. The van der Waals surface area contributed by atoms with Crippen LogP contribution in [0.3, 0.4) is 0 Å². The largest absolute Gasteiger partial charge is 0.493 e. The van der Waals surface area contributed by atoms with E-state index in [1.807, 2.05) is 19.1 Å². The molecule has 0 bridgehead atoms. The van der Waals surface area contributed by atoms with Crippen molar-refractivity contribution >= 4 is 5.97 Å². The second-order valence-electron chi connectivity index (χ2n) is 3.89. The number of nitrogens with zero attached hydrogens (tertiary/aromatic N) is 1. The Hall–Kier alpha value is -2.56. The Morgan fingerprint density at radius 1 is 1.21 bits per heavy atom. The Morgan fingerprint density at radius 3 is 2.63 bits per heavy atom. The molecule has 0 saturated carbocycles. The molecule has 1 aromatic heterocycles. The summed E-state index contributed by atoms with van der Waals surface area (Å²) in [6, 6.07) is 9.76. The number of aryl methyl sites for hydroxylation is 1. The van der Waals surface area contributed by atoms with Gasteiger partial charge < -0.3 is 14.6 Å². The van der Waals surface area contributed by atoms with Gasteiger partial charge in [0, 0.05) is 11.8 Å². The Morgan fingerprint density at radius 2 is 2.00 bits per heavy atom. The Bertz CT molecular complexity index is 610. The maximum Gasteiger partial charge on any atom is 0.335 e. The zero-order valence-electron chi connectivity index (χ0n) is 10.6. The van der Waals surface area contributed by atoms with Crippen LogP contribution in [0.2, 0.25) is 0 Å². The van der Waals surface area contributed by atoms with Crippen molar-refractivity contribution in [2.45, 2.75) is 6.92 Å². The summed E-state index contributed by atoms with van der Waals surface area (Å²) in [6.45, 7) is 1.85. The van der Waals surface area contributed by atoms with Crippen molar-refractivity contribution in [2.24, 2.45) is 0 Å². The molecule has 2 rings (SSSR count). The van der Waals surface area contributed by atoms with Gasteiger partial charge in [-0.3, -0.25) is 0 Å². The molecule has 5 nitrogen and oxygen atoms in total. The van der Waals surface area contributed by atoms with Crippen molar-refractivity contribution in [3.63, 3.8) is 0 Å². The van der Waals surface area contributed by atoms with Gasteiger partial charge >= 0.3 is 5.97 Å². The van der Waals surface area contributed by atoms with Gasteiger partial charge in [-0.2, -0.15) is 0 Å². The van der Waals surface area contributed by atoms with E-state index < -0.39 is 5.97 Å². The minimum Gasteiger partial charge on any atom is -0.493 e. The zero-order chi connectivity index (χ0) is 13.8. The number of rotatable bonds is 4. The third-order valence-electron chi connectivity index (χ3n) is 2.49. The van der Waals surface area contributed by atoms with Gasteiger partial charge in [-0.25, -0.2) is 9.78 Å². The summed E-state index contributed by atoms with van der Waals surface area (Å²) in [4.78, 5) is 15.1. The van der Waals surface area contributed by atoms with E-state index in [4.69, 9.17) is 14.6 Å². The smallest absolute Gasteiger partial charge is 0.335 e. The molecule has 1 aromatic carbocycles. The molecule has 0 aliphatic carbocycles. The van der Waals surface area contributed by atoms with Crippen molar-refractivity contribution < 1.29 is 19.4 Å². The quantitative estimate of drug-likeness (QED) is 0.914. The molecule has 1 heterocycles. The van der Waals surface area contributed by atoms with Crippen LogP contribution in [0.15, 0.2) is 36.4 Å². The molecule has 0 fully saturated rings. The Labute approximate surface area is 110 Å². The lowest BCUT2D eigenvalue weighted by molar-refractivity contribution is 0.0696. The van der Waals surface area contributed by atoms with Gasteiger partial charge in [-0.15, -0.1) is 0 Å². The highest BCUT2D eigenvalue weighted by molar-refractivity contribution is 5.88. The summed E-state index contributed by atoms with van der Waals surface area (Å²) in [7, 11) is 1.49. The van der Waals surface area contributed by atoms with Crippen molar-refractivity contribution in [3.8, 4) is 17.4 Å². The maximum atomic E-state index is 10.9. The minimum absolute atomic E-state index is 0.128. The lowest BCUT2D eigenvalue weighted by Crippen LogP contribution is -1.99. The van der Waals surface area contributed by atoms with E-state index in [0.29, 0.717) is 17.4 Å². The van der Waals surface area contributed by atoms with Crippen LogP contribution >= 0.6 is 0 Å². The number of carboxylic acid groups (broad SMARTS) is 1. The number of carbonyl (C=O) groups is 1. The number of ether oxygens (including phenoxy) is 2. The molecule has 0 aliphatic heterocycles. The topological polar surface area (TPSA) is 68.7 Å². The number of carboxylic acids is 1. The van der Waals surface area contributed by atoms with E-state index in [0.717, 1.165) is 5.69 Å². The van der Waals surface area contributed by atoms with Crippen LogP contribution in [0.4, 0.5) is 0 Å². The van der Waals surface area contributed by atoms with Crippen molar-refractivity contribution in [1.82, 2.24) is 4.98 Å². The van der Waals surface area contributed by atoms with E-state index in [1.165, 1.54) is 19.2 Å². The zero-order valence-corrected chi connectivity index (χ0v) is 10.6. The summed E-state index contributed by atoms with van der Waals surface area (Å²) in [5, 5.41) is 8.97. The third kappa shape index (κ3) is 3.01. The third-order valence-corrected chi connectivity index (χ3v) is 2.49. The van der Waals surface area contributed by atoms with Crippen LogP contribution in [-0.4, -0.2) is 23.2 Å². The number of methoxy groups -OCH3 is 1. The molecule has 0 saturated heterocycles. The molecule has 0 amide bonds. The lowest BCUT2D eigenvalue weighted by atomic mass is 10.2. The highest BCUT2D eigenvalue weighted by Gasteiger charge is 2.11. The molecule has 0 unspecified atom stereocenters. The van der Waals surface area contributed by atoms with Gasteiger partial charge in [0.1, 0.15) is 0 Å². The van der Waals surface area contributed by atoms with E-state index in [1.54, 1.807) is 12.1 Å². The molecule has 5 heteroatoms. The van der Waals surface area contributed by atoms with Gasteiger partial charge in [-0.1, -0.05) is 6.07 Å². The van der Waals surface area contributed by atoms with Gasteiger partial charge in [0.2, 0.25) is 5.88 Å². The van der Waals surface area contributed by atoms with Crippen molar-refractivity contribution in [2.75, 3.05) is 7.11 Å². The Balaban J connectivity index is 2.37. The summed E-state index contributed by atoms with van der Waals surface area (Å²) < 4.78 is 10.7. The standard InChI is InChI=1S/C14H13NO4/c1-9-4-3-5-13(15-9)19-12-8-10(14(16)17)6-7-11(12)18-2/h3-8H,1-2H3,(H,16,17). The average Bonchev–Trinajstić information content (AvgIpc) is 2.38. The maximum absolute atomic E-state index is 10.9. The first kappa shape index (κ1) is 12.9. The number of hydrogen-bond acceptors (Lipinski definition) is 4. The number of aromatic carboxylic acids is 1. The lowest BCUT2D eigenvalue weighted by Gasteiger charge is -2.10. The van der Waals surface area contributed by atoms with Crippen LogP contribution in [0.25, 0.3) is 0 Å². The van der Waals surface area contributed by atoms with E-state index in [2.05, 4.69) is 4.98 Å². The Kier molecular flexibility index (Phi) is 3.66. The second-order valence-corrected chi connectivity index (χ2v) is 3.89. The van der Waals surface area contributed by atoms with Crippen LogP contribution in [0.1, 0.15) is 16.1 Å². The molecule has 0 aliphatic rings. The number of pyridine rings is 1. The second kappa shape index (κ2) is 5.39. The summed E-state index contributed by atoms with van der Waals surface area (Å²) >= 11 is 0. The molecular weight excluding hydrogens is 246 g/mol. The monoisotopic (exact) mass is 259 g/mol. The van der Waals surface area contributed by atoms with Gasteiger partial charge in [0.25, 0.3) is 0 Å². The first-order valence-corrected chi connectivity index (χ1v) is 5.63. The number of benzene rings is 1. The van der Waals surface area contributed by atoms with Crippen LogP contribution in [-0.2, 0) is 0 Å². The predicted octanol–water partition coefficient (Wildman–Crippen LogP) is 2.89. The molecule has 0 atom stereocenters. The van der Waals surface area contributed by atoms with Crippen LogP contribution in [0.5, 0.6) is 17.4 Å². The molecule has 2 aromatic rings. The molecular formula is C14H13NO4. The van der Waals surface area contributed by atoms with E-state index in [9.17, 15) is 4.79 Å². The minimum atomic E-state index is -1.02. The first-order valence-electron chi connectivity index (χ1n) is 5.63. The van der Waals surface area contributed by atoms with Crippen LogP contribution in [0, 0.1) is 6.92 Å². The molecule has 0 radical (unpaired) electrons. The summed E-state index contributed by atoms with van der Waals surface area (Å²) in [6.07, 6.45) is 0. The SMILES string of the molecule is COc1ccc(C(=O)O)cc1Oc1cccc(C)n1. The van der Waals surface area contributed by atoms with E-state index >= 15 is 0 Å². The number of hydrogen-bond donors (Lipinski definition) is 1. The molecule has 19 heavy (non-hydrogen) atoms. The summed E-state index contributed by atoms with van der Waals surface area (Å²) in [5.41, 5.74) is 0.939. The summed E-state index contributed by atoms with van der Waals surface area (Å²) in [5.74, 6) is 0.138. The fourth-order valence-electron chi connectivity index (χ4n) is 1.58. The normalized spacial score (nSPS) is 10.0. The van der Waals surface area contributed by atoms with Gasteiger partial charge in [0.15, 0.2) is 11.5 Å². The predicted molar refractivity (Wildman–Crippen MR) is 69.0 cm³/mol. The van der Waals surface area contributed by atoms with Crippen molar-refractivity contribution in [3.05, 3.63) is 47.7 Å². The van der Waals surface area contributed by atoms with Gasteiger partial charge in [0.05, 0.1) is 12.7 Å². The molecule has 1 N–H and O–H groups in total. The highest BCUT2D eigenvalue weighted by atomic mass is 16.5. The molecule has 0 spiro atoms. The van der Waals surface area contributed by atoms with Crippen LogP contribution < -0.4 is 9.47 Å². The fourth-order valence-corrected chi connectivity index (χ4v) is 1.58. The molecule has 98 valence electrons. The van der Waals surface area contributed by atoms with Gasteiger partial charge in [-0.05, 0) is 31.2 Å². The van der Waals surface area contributed by atoms with Crippen molar-refractivity contribution in [1.29, 1.82) is 0 Å². The first-order chi connectivity index (χ1) is 9.10. The average molecular weight is 259 g/mol.